The van der Waals surface area contributed by atoms with E-state index in [0.29, 0.717) is 0 Å². The van der Waals surface area contributed by atoms with E-state index in [1.54, 1.807) is 11.1 Å². The van der Waals surface area contributed by atoms with E-state index < -0.39 is 0 Å². The molecule has 0 spiro atoms. The molecule has 82 heavy (non-hydrogen) atoms. The molecule has 2 aromatic heterocycles. The van der Waals surface area contributed by atoms with Crippen molar-refractivity contribution in [2.24, 2.45) is 0 Å². The molecule has 0 aliphatic heterocycles. The number of hydrogen-bond acceptors (Lipinski definition) is 0. The summed E-state index contributed by atoms with van der Waals surface area (Å²) in [7, 11) is 0. The molecule has 0 aliphatic rings. The second-order valence-electron chi connectivity index (χ2n) is 27.4. The number of aryl methyl sites for hydroxylation is 2. The molecule has 2 nitrogen and oxygen atoms in total. The third-order valence-electron chi connectivity index (χ3n) is 19.5. The summed E-state index contributed by atoms with van der Waals surface area (Å²) < 4.78 is 4.96. The lowest BCUT2D eigenvalue weighted by atomic mass is 9.88. The van der Waals surface area contributed by atoms with Crippen molar-refractivity contribution in [2.75, 3.05) is 0 Å². The van der Waals surface area contributed by atoms with Gasteiger partial charge in [-0.3, -0.25) is 0 Å². The Bertz CT molecular complexity index is 1320. The fourth-order valence-corrected chi connectivity index (χ4v) is 13.7. The Balaban J connectivity index is 1.80. The minimum absolute atomic E-state index is 0.738. The van der Waals surface area contributed by atoms with Crippen LogP contribution in [0.2, 0.25) is 0 Å². The van der Waals surface area contributed by atoms with Crippen molar-refractivity contribution in [1.82, 2.24) is 0 Å². The first kappa shape index (κ1) is 76.4. The van der Waals surface area contributed by atoms with Crippen molar-refractivity contribution in [3.63, 3.8) is 0 Å². The number of nitrogens with zero attached hydrogens (tertiary/aromatic N) is 2. The number of aromatic nitrogens is 2. The molecule has 0 saturated carbocycles. The summed E-state index contributed by atoms with van der Waals surface area (Å²) in [4.78, 5) is 0. The predicted molar refractivity (Wildman–Crippen MR) is 368 cm³/mol. The van der Waals surface area contributed by atoms with E-state index in [9.17, 15) is 0 Å². The van der Waals surface area contributed by atoms with Crippen molar-refractivity contribution in [3.05, 3.63) is 60.2 Å². The third-order valence-corrected chi connectivity index (χ3v) is 19.5. The van der Waals surface area contributed by atoms with E-state index in [4.69, 9.17) is 0 Å². The normalized spacial score (nSPS) is 11.8. The maximum Gasteiger partial charge on any atom is 0.169 e. The van der Waals surface area contributed by atoms with Crippen LogP contribution in [0.4, 0.5) is 0 Å². The lowest BCUT2D eigenvalue weighted by molar-refractivity contribution is -0.708. The lowest BCUT2D eigenvalue weighted by Crippen LogP contribution is -2.35. The summed E-state index contributed by atoms with van der Waals surface area (Å²) in [6, 6.07) is 10.1. The monoisotopic (exact) mass is 1140 g/mol. The molecule has 0 aliphatic carbocycles. The molecule has 0 N–H and O–H groups in total. The molecule has 2 heterocycles. The van der Waals surface area contributed by atoms with Crippen LogP contribution in [-0.2, 0) is 13.1 Å². The van der Waals surface area contributed by atoms with Gasteiger partial charge >= 0.3 is 0 Å². The van der Waals surface area contributed by atoms with Gasteiger partial charge in [-0.2, -0.15) is 0 Å². The molecule has 0 bridgehead atoms. The van der Waals surface area contributed by atoms with Crippen molar-refractivity contribution >= 4 is 0 Å². The Labute approximate surface area is 517 Å². The third kappa shape index (κ3) is 49.4. The number of unbranched alkanes of at least 4 members (excludes halogenated alkanes) is 53. The summed E-state index contributed by atoms with van der Waals surface area (Å²) in [5.74, 6) is 1.48. The van der Waals surface area contributed by atoms with E-state index in [2.05, 4.69) is 85.9 Å². The van der Waals surface area contributed by atoms with Crippen molar-refractivity contribution in [2.45, 2.75) is 451 Å². The van der Waals surface area contributed by atoms with Gasteiger partial charge in [0, 0.05) is 37.1 Å². The van der Waals surface area contributed by atoms with Crippen LogP contribution in [0, 0.1) is 0 Å². The molecule has 0 saturated heterocycles. The van der Waals surface area contributed by atoms with Crippen LogP contribution >= 0.6 is 0 Å². The average Bonchev–Trinajstić information content (AvgIpc) is 3.56. The molecular formula is C80H150N2+2. The highest BCUT2D eigenvalue weighted by Gasteiger charge is 2.16. The van der Waals surface area contributed by atoms with Crippen LogP contribution in [0.25, 0.3) is 0 Å². The second kappa shape index (κ2) is 62.4. The smallest absolute Gasteiger partial charge is 0.169 e. The van der Waals surface area contributed by atoms with Crippen LogP contribution in [0.5, 0.6) is 0 Å². The first-order chi connectivity index (χ1) is 40.7. The summed E-state index contributed by atoms with van der Waals surface area (Å²) in [6.07, 6.45) is 98.7. The van der Waals surface area contributed by atoms with Gasteiger partial charge in [0.05, 0.1) is 0 Å². The lowest BCUT2D eigenvalue weighted by Gasteiger charge is -2.17. The van der Waals surface area contributed by atoms with Crippen molar-refractivity contribution in [1.29, 1.82) is 0 Å². The topological polar surface area (TPSA) is 7.76 Å². The average molecular weight is 1140 g/mol. The largest absolute Gasteiger partial charge is 0.205 e. The Morgan fingerprint density at radius 2 is 0.341 bits per heavy atom. The highest BCUT2D eigenvalue weighted by molar-refractivity contribution is 5.14. The molecule has 0 fully saturated rings. The van der Waals surface area contributed by atoms with E-state index in [-0.39, 0.29) is 0 Å². The van der Waals surface area contributed by atoms with E-state index >= 15 is 0 Å². The van der Waals surface area contributed by atoms with Crippen molar-refractivity contribution < 1.29 is 9.13 Å². The molecule has 2 heteroatoms. The molecule has 0 radical (unpaired) electrons. The van der Waals surface area contributed by atoms with Gasteiger partial charge < -0.3 is 0 Å². The number of pyridine rings is 2. The molecule has 0 atom stereocenters. The maximum absolute atomic E-state index is 2.51. The van der Waals surface area contributed by atoms with Gasteiger partial charge in [-0.05, 0) is 48.6 Å². The minimum atomic E-state index is 0.738. The standard InChI is InChI=1S/C80H150N2/c1-5-9-13-17-21-25-29-33-37-41-45-49-53-57-63-77(64-58-54-50-46-42-38-34-30-26-22-18-14-10-6-2)79-67-73-81(74-68-79)71-61-62-72-82-75-69-80(70-76-82)78(65-59-55-51-47-43-39-35-31-27-23-19-15-11-7-3)66-60-56-52-48-44-40-36-32-28-24-20-16-12-8-4/h67-70,73-78H,5-66,71-72H2,1-4H3/q+2. The number of rotatable bonds is 67. The van der Waals surface area contributed by atoms with Gasteiger partial charge in [-0.1, -0.05) is 387 Å². The van der Waals surface area contributed by atoms with Crippen LogP contribution in [0.15, 0.2) is 49.1 Å². The summed E-state index contributed by atoms with van der Waals surface area (Å²) in [5.41, 5.74) is 3.23. The molecule has 2 rings (SSSR count). The van der Waals surface area contributed by atoms with E-state index in [1.165, 1.54) is 398 Å². The van der Waals surface area contributed by atoms with Gasteiger partial charge in [0.15, 0.2) is 24.8 Å². The quantitative estimate of drug-likeness (QED) is 0.0461. The van der Waals surface area contributed by atoms with Crippen LogP contribution in [0.3, 0.4) is 0 Å². The van der Waals surface area contributed by atoms with Gasteiger partial charge in [0.25, 0.3) is 0 Å². The molecule has 0 aromatic carbocycles. The highest BCUT2D eigenvalue weighted by Crippen LogP contribution is 2.31. The van der Waals surface area contributed by atoms with Gasteiger partial charge in [-0.15, -0.1) is 0 Å². The van der Waals surface area contributed by atoms with Crippen molar-refractivity contribution in [3.8, 4) is 0 Å². The maximum atomic E-state index is 2.51. The Morgan fingerprint density at radius 3 is 0.500 bits per heavy atom. The highest BCUT2D eigenvalue weighted by atomic mass is 14.9. The minimum Gasteiger partial charge on any atom is -0.205 e. The Hall–Kier alpha value is -1.70. The molecular weight excluding hydrogens is 989 g/mol. The predicted octanol–water partition coefficient (Wildman–Crippen LogP) is 27.4. The molecule has 0 amide bonds. The summed E-state index contributed by atoms with van der Waals surface area (Å²) in [5, 5.41) is 0. The Morgan fingerprint density at radius 1 is 0.195 bits per heavy atom. The van der Waals surface area contributed by atoms with Crippen LogP contribution < -0.4 is 9.13 Å². The summed E-state index contributed by atoms with van der Waals surface area (Å²) in [6.45, 7) is 11.6. The molecule has 478 valence electrons. The Kier molecular flexibility index (Phi) is 58.1. The molecule has 2 aromatic rings. The zero-order valence-electron chi connectivity index (χ0n) is 56.9. The first-order valence-corrected chi connectivity index (χ1v) is 38.7. The SMILES string of the molecule is CCCCCCCCCCCCCCCCC(CCCCCCCCCCCCCCCC)c1cc[n+](CCCC[n+]2ccc(C(CCCCCCCCCCCCCCCC)CCCCCCCCCCCCCCCC)cc2)cc1. The summed E-state index contributed by atoms with van der Waals surface area (Å²) >= 11 is 0. The first-order valence-electron chi connectivity index (χ1n) is 38.7. The fraction of sp³-hybridized carbons (Fsp3) is 0.875. The number of hydrogen-bond donors (Lipinski definition) is 0. The van der Waals surface area contributed by atoms with Gasteiger partial charge in [-0.25, -0.2) is 9.13 Å². The fourth-order valence-electron chi connectivity index (χ4n) is 13.7. The van der Waals surface area contributed by atoms with Gasteiger partial charge in [0.1, 0.15) is 13.1 Å². The van der Waals surface area contributed by atoms with E-state index in [0.717, 1.165) is 24.9 Å². The molecule has 0 unspecified atom stereocenters. The van der Waals surface area contributed by atoms with Gasteiger partial charge in [0.2, 0.25) is 0 Å². The second-order valence-corrected chi connectivity index (χ2v) is 27.4. The van der Waals surface area contributed by atoms with Crippen LogP contribution in [-0.4, -0.2) is 0 Å². The zero-order chi connectivity index (χ0) is 58.4. The van der Waals surface area contributed by atoms with Crippen LogP contribution in [0.1, 0.15) is 449 Å². The zero-order valence-corrected chi connectivity index (χ0v) is 56.9. The van der Waals surface area contributed by atoms with E-state index in [1.807, 2.05) is 0 Å².